The average molecular weight is 2000 g/mol. The number of anilines is 5. The van der Waals surface area contributed by atoms with Gasteiger partial charge in [-0.3, -0.25) is 59.4 Å². The fourth-order valence-electron chi connectivity index (χ4n) is 22.3. The number of amides is 5. The summed E-state index contributed by atoms with van der Waals surface area (Å²) in [6.07, 6.45) is 42.6. The molecule has 5 aliphatic carbocycles. The molecule has 5 amide bonds. The van der Waals surface area contributed by atoms with Crippen LogP contribution in [0.1, 0.15) is 198 Å². The normalized spacial score (nSPS) is 22.4. The van der Waals surface area contributed by atoms with Crippen LogP contribution in [-0.4, -0.2) is 272 Å². The molecule has 5 saturated heterocycles. The molecular formula is C112H150N20O14. The van der Waals surface area contributed by atoms with Crippen LogP contribution in [0, 0.1) is 41.4 Å². The van der Waals surface area contributed by atoms with E-state index in [9.17, 15) is 24.0 Å². The Morgan fingerprint density at radius 3 is 0.760 bits per heavy atom. The van der Waals surface area contributed by atoms with Crippen LogP contribution < -0.4 is 51.1 Å². The van der Waals surface area contributed by atoms with Gasteiger partial charge in [0, 0.05) is 200 Å². The van der Waals surface area contributed by atoms with E-state index >= 15 is 0 Å². The summed E-state index contributed by atoms with van der Waals surface area (Å²) in [5, 5.41) is 23.8. The van der Waals surface area contributed by atoms with Gasteiger partial charge in [-0.2, -0.15) is 0 Å². The quantitative estimate of drug-likeness (QED) is 0.0256. The third-order valence-electron chi connectivity index (χ3n) is 29.8. The number of benzene rings is 5. The van der Waals surface area contributed by atoms with Gasteiger partial charge in [-0.15, -0.1) is 5.92 Å². The number of hydrogen-bond donors (Lipinski definition) is 6. The number of carbonyl (C=O) groups excluding carboxylic acids is 5. The predicted octanol–water partition coefficient (Wildman–Crippen LogP) is 15.1. The number of carbonyl (C=O) groups is 5. The van der Waals surface area contributed by atoms with Crippen molar-refractivity contribution in [2.24, 2.45) is 29.6 Å². The van der Waals surface area contributed by atoms with Crippen molar-refractivity contribution in [1.82, 2.24) is 76.4 Å². The van der Waals surface area contributed by atoms with Crippen LogP contribution in [0.2, 0.25) is 0 Å². The summed E-state index contributed by atoms with van der Waals surface area (Å²) in [5.74, 6) is 8.62. The minimum Gasteiger partial charge on any atom is -0.447 e. The lowest BCUT2D eigenvalue weighted by Gasteiger charge is -2.31. The van der Waals surface area contributed by atoms with Gasteiger partial charge in [0.1, 0.15) is 12.2 Å². The van der Waals surface area contributed by atoms with Crippen LogP contribution in [0.25, 0.3) is 55.2 Å². The first kappa shape index (κ1) is 107. The number of alkyl carbamates (subject to hydrolysis) is 3. The van der Waals surface area contributed by atoms with E-state index in [4.69, 9.17) is 43.0 Å². The first-order valence-corrected chi connectivity index (χ1v) is 53.4. The minimum atomic E-state index is -0.463. The molecule has 5 aromatic heterocycles. The Labute approximate surface area is 858 Å². The number of nitrogens with zero attached hydrogens (tertiary/aromatic N) is 15. The van der Waals surface area contributed by atoms with E-state index in [-0.39, 0.29) is 61.9 Å². The second-order valence-electron chi connectivity index (χ2n) is 41.4. The summed E-state index contributed by atoms with van der Waals surface area (Å²) in [5.41, 5.74) is 21.9. The lowest BCUT2D eigenvalue weighted by Crippen LogP contribution is -2.41. The molecule has 10 aliphatic rings. The van der Waals surface area contributed by atoms with Crippen molar-refractivity contribution >= 4 is 114 Å². The monoisotopic (exact) mass is 2000 g/mol. The predicted molar refractivity (Wildman–Crippen MR) is 567 cm³/mol. The van der Waals surface area contributed by atoms with Gasteiger partial charge in [-0.05, 0) is 306 Å². The van der Waals surface area contributed by atoms with Gasteiger partial charge in [-0.25, -0.2) is 14.4 Å². The molecule has 10 fully saturated rings. The standard InChI is InChI=1S/C24H34N4O3.C24H30N4O3.C22H30N4O4.2C21H28N4O2/c1-24(2,3)31-23(29)27-19-6-4-17(5-7-19)14-18-15-20(28-10-12-30-13-11-28)16-21-22(18)26-9-8-25-21;1-2-3-12-31-24(29)27-20-6-4-18(5-7-20)15-19-16-21(28-10-13-30-14-11-28)17-22-23(19)26-9-8-25-22;27-9-12-30-22(28)25-18-3-1-16(2-4-18)13-17-14-19(26-7-10-29-11-8-26)15-20-21(17)24-6-5-23-20;2*1-15(26)24-18-4-2-16(3-5-18)12-17-13-19(25-8-10-27-11-9-25)14-20-21(17)23-7-6-22-20/h8-9,15-17,19H,4-7,10-14H2,1-3H3,(H,27,29);8-9,16-18,20H,4-7,10-15H2,1H3,(H,27,29);5-6,14-16,18,27H,1-4,7-13H2,(H,25,28);2*6-7,13-14,16,18H,2-5,8-12H2,1H3,(H,24,26). The highest BCUT2D eigenvalue weighted by atomic mass is 16.6. The van der Waals surface area contributed by atoms with Crippen LogP contribution in [0.3, 0.4) is 0 Å². The van der Waals surface area contributed by atoms with Gasteiger partial charge in [-0.1, -0.05) is 5.92 Å². The minimum absolute atomic E-state index is 0.0365. The second-order valence-corrected chi connectivity index (χ2v) is 41.4. The maximum atomic E-state index is 12.1. The zero-order valence-corrected chi connectivity index (χ0v) is 86.2. The fraction of sp³-hybridized carbons (Fsp3) is 0.580. The van der Waals surface area contributed by atoms with Crippen LogP contribution >= 0.6 is 0 Å². The van der Waals surface area contributed by atoms with E-state index in [0.29, 0.717) is 41.7 Å². The maximum absolute atomic E-state index is 12.1. The van der Waals surface area contributed by atoms with Crippen molar-refractivity contribution in [2.75, 3.05) is 176 Å². The summed E-state index contributed by atoms with van der Waals surface area (Å²) >= 11 is 0. The number of hydrogen-bond acceptors (Lipinski definition) is 29. The van der Waals surface area contributed by atoms with Crippen molar-refractivity contribution in [3.05, 3.63) is 150 Å². The van der Waals surface area contributed by atoms with Gasteiger partial charge < -0.3 is 94.1 Å². The molecule has 0 atom stereocenters. The molecular weight excluding hydrogens is 1850 g/mol. The first-order chi connectivity index (χ1) is 71.2. The van der Waals surface area contributed by atoms with Crippen LogP contribution in [0.15, 0.2) is 123 Å². The van der Waals surface area contributed by atoms with E-state index in [1.165, 1.54) is 56.3 Å². The second kappa shape index (κ2) is 54.0. The number of fused-ring (bicyclic) bond motifs is 5. The molecule has 34 nitrogen and oxygen atoms in total. The van der Waals surface area contributed by atoms with Crippen LogP contribution in [0.4, 0.5) is 42.8 Å². The average Bonchev–Trinajstić information content (AvgIpc) is 0.808. The number of aliphatic hydroxyl groups is 1. The number of aliphatic hydroxyl groups excluding tert-OH is 1. The van der Waals surface area contributed by atoms with E-state index in [0.717, 1.165) is 347 Å². The molecule has 10 aromatic rings. The Bertz CT molecular complexity index is 5820. The molecule has 5 aliphatic heterocycles. The summed E-state index contributed by atoms with van der Waals surface area (Å²) in [6.45, 7) is 27.4. The van der Waals surface area contributed by atoms with Gasteiger partial charge in [0.25, 0.3) is 0 Å². The number of ether oxygens (including phenoxy) is 8. The molecule has 20 rings (SSSR count). The molecule has 34 heteroatoms. The highest BCUT2D eigenvalue weighted by Crippen LogP contribution is 2.40. The summed E-state index contributed by atoms with van der Waals surface area (Å²) in [4.78, 5) is 116. The number of aromatic nitrogens is 10. The summed E-state index contributed by atoms with van der Waals surface area (Å²) in [7, 11) is 0. The third-order valence-corrected chi connectivity index (χ3v) is 29.8. The number of nitrogens with one attached hydrogen (secondary N) is 5. The van der Waals surface area contributed by atoms with Crippen molar-refractivity contribution in [3.8, 4) is 11.8 Å². The van der Waals surface area contributed by atoms with Crippen molar-refractivity contribution < 1.29 is 67.0 Å². The number of rotatable bonds is 23. The van der Waals surface area contributed by atoms with Crippen molar-refractivity contribution in [1.29, 1.82) is 0 Å². The van der Waals surface area contributed by atoms with Gasteiger partial charge in [0.2, 0.25) is 11.8 Å². The summed E-state index contributed by atoms with van der Waals surface area (Å²) < 4.78 is 42.9. The molecule has 0 spiro atoms. The molecule has 6 N–H and O–H groups in total. The highest BCUT2D eigenvalue weighted by Gasteiger charge is 2.33. The van der Waals surface area contributed by atoms with Gasteiger partial charge >= 0.3 is 18.3 Å². The first-order valence-electron chi connectivity index (χ1n) is 53.4. The largest absolute Gasteiger partial charge is 0.447 e. The Hall–Kier alpha value is -12.1. The SMILES string of the molecule is CC#CCOC(=O)NC1CCC(Cc2cc(N3CCOCC3)cc3nccnc23)CC1.CC(=O)NC1CCC(Cc2cc(N3CCOCC3)cc3nccnc23)CC1.CC(=O)NC1CCC(Cc2cc(N3CCOCC3)cc3nccnc23)CC1.CC(C)(C)OC(=O)NC1CCC(Cc2cc(N3CCOCC3)cc3nccnc23)CC1.O=C(NC1CCC(Cc2cc(N3CCOCC3)cc3nccnc23)CC1)OCCO. The molecule has 782 valence electrons. The fourth-order valence-corrected chi connectivity index (χ4v) is 22.3. The maximum Gasteiger partial charge on any atom is 0.408 e. The smallest absolute Gasteiger partial charge is 0.408 e. The lowest BCUT2D eigenvalue weighted by atomic mass is 9.82. The zero-order valence-electron chi connectivity index (χ0n) is 86.2. The Balaban J connectivity index is 0.000000131. The Kier molecular flexibility index (Phi) is 39.4. The third kappa shape index (κ3) is 31.7. The van der Waals surface area contributed by atoms with E-state index < -0.39 is 11.7 Å². The molecule has 146 heavy (non-hydrogen) atoms. The molecule has 5 saturated carbocycles. The van der Waals surface area contributed by atoms with Crippen LogP contribution in [0.5, 0.6) is 0 Å². The van der Waals surface area contributed by atoms with Crippen LogP contribution in [-0.2, 0) is 79.6 Å². The lowest BCUT2D eigenvalue weighted by molar-refractivity contribution is -0.120. The van der Waals surface area contributed by atoms with E-state index in [1.807, 2.05) is 20.8 Å². The topological polar surface area (TPSA) is 385 Å². The number of morpholine rings is 5. The van der Waals surface area contributed by atoms with Crippen molar-refractivity contribution in [2.45, 2.75) is 238 Å². The van der Waals surface area contributed by atoms with E-state index in [2.05, 4.69) is 173 Å². The Morgan fingerprint density at radius 2 is 0.541 bits per heavy atom. The van der Waals surface area contributed by atoms with Gasteiger partial charge in [0.05, 0.1) is 128 Å². The molecule has 10 heterocycles. The van der Waals surface area contributed by atoms with E-state index in [1.54, 1.807) is 82.7 Å². The molecule has 0 unspecified atom stereocenters. The molecule has 5 aromatic carbocycles. The van der Waals surface area contributed by atoms with Crippen molar-refractivity contribution in [3.63, 3.8) is 0 Å². The zero-order chi connectivity index (χ0) is 101. The molecule has 0 radical (unpaired) electrons. The molecule has 0 bridgehead atoms. The highest BCUT2D eigenvalue weighted by molar-refractivity contribution is 5.87. The van der Waals surface area contributed by atoms with Gasteiger partial charge in [0.15, 0.2) is 6.61 Å². The summed E-state index contributed by atoms with van der Waals surface area (Å²) in [6, 6.07) is 23.4. The Morgan fingerprint density at radius 1 is 0.322 bits per heavy atom.